The van der Waals surface area contributed by atoms with Crippen molar-refractivity contribution in [3.05, 3.63) is 35.8 Å². The SMILES string of the molecule is CC(C)(C)c1ccc2nnc(C3CCN(Cc4nncn4C4CC4)CC3)n2n1. The van der Waals surface area contributed by atoms with E-state index in [4.69, 9.17) is 5.10 Å². The summed E-state index contributed by atoms with van der Waals surface area (Å²) in [5.41, 5.74) is 1.91. The van der Waals surface area contributed by atoms with Gasteiger partial charge >= 0.3 is 0 Å². The normalized spacial score (nSPS) is 19.5. The van der Waals surface area contributed by atoms with Crippen molar-refractivity contribution in [3.63, 3.8) is 0 Å². The van der Waals surface area contributed by atoms with Crippen LogP contribution in [-0.4, -0.2) is 52.6 Å². The third kappa shape index (κ3) is 3.30. The molecule has 0 spiro atoms. The van der Waals surface area contributed by atoms with E-state index in [9.17, 15) is 0 Å². The molecule has 4 heterocycles. The summed E-state index contributed by atoms with van der Waals surface area (Å²) in [5, 5.41) is 22.2. The fourth-order valence-corrected chi connectivity index (χ4v) is 4.05. The molecular formula is C20H28N8. The van der Waals surface area contributed by atoms with E-state index in [0.29, 0.717) is 12.0 Å². The molecule has 148 valence electrons. The summed E-state index contributed by atoms with van der Waals surface area (Å²) in [4.78, 5) is 2.48. The Morgan fingerprint density at radius 3 is 2.50 bits per heavy atom. The van der Waals surface area contributed by atoms with Crippen LogP contribution in [0.5, 0.6) is 0 Å². The summed E-state index contributed by atoms with van der Waals surface area (Å²) in [6.45, 7) is 9.51. The highest BCUT2D eigenvalue weighted by Gasteiger charge is 2.29. The number of piperidine rings is 1. The van der Waals surface area contributed by atoms with Crippen LogP contribution >= 0.6 is 0 Å². The number of likely N-dealkylation sites (tertiary alicyclic amines) is 1. The average Bonchev–Trinajstić information content (AvgIpc) is 3.26. The van der Waals surface area contributed by atoms with Gasteiger partial charge in [0.1, 0.15) is 12.2 Å². The van der Waals surface area contributed by atoms with Gasteiger partial charge in [0.15, 0.2) is 11.5 Å². The van der Waals surface area contributed by atoms with Crippen LogP contribution in [0, 0.1) is 0 Å². The maximum atomic E-state index is 4.86. The Labute approximate surface area is 165 Å². The van der Waals surface area contributed by atoms with Gasteiger partial charge in [0.2, 0.25) is 0 Å². The maximum Gasteiger partial charge on any atom is 0.177 e. The molecule has 0 N–H and O–H groups in total. The van der Waals surface area contributed by atoms with Gasteiger partial charge in [-0.15, -0.1) is 20.4 Å². The van der Waals surface area contributed by atoms with Crippen molar-refractivity contribution in [2.45, 2.75) is 70.4 Å². The summed E-state index contributed by atoms with van der Waals surface area (Å²) in [6.07, 6.45) is 6.55. The fraction of sp³-hybridized carbons (Fsp3) is 0.650. The van der Waals surface area contributed by atoms with Gasteiger partial charge in [-0.1, -0.05) is 20.8 Å². The zero-order chi connectivity index (χ0) is 19.3. The Kier molecular flexibility index (Phi) is 4.19. The molecule has 8 heteroatoms. The maximum absolute atomic E-state index is 4.86. The van der Waals surface area contributed by atoms with E-state index in [1.165, 1.54) is 12.8 Å². The van der Waals surface area contributed by atoms with E-state index in [1.54, 1.807) is 0 Å². The van der Waals surface area contributed by atoms with E-state index in [0.717, 1.165) is 55.5 Å². The standard InChI is InChI=1S/C20H28N8/c1-20(2,3)16-6-7-17-23-24-19(28(17)25-16)14-8-10-26(11-9-14)12-18-22-21-13-27(18)15-4-5-15/h6-7,13-15H,4-5,8-12H2,1-3H3. The molecule has 5 rings (SSSR count). The van der Waals surface area contributed by atoms with Crippen molar-refractivity contribution in [1.82, 2.24) is 39.5 Å². The third-order valence-electron chi connectivity index (χ3n) is 5.96. The second-order valence-electron chi connectivity index (χ2n) is 9.23. The summed E-state index contributed by atoms with van der Waals surface area (Å²) in [6, 6.07) is 4.73. The summed E-state index contributed by atoms with van der Waals surface area (Å²) in [5.74, 6) is 2.50. The van der Waals surface area contributed by atoms with Crippen LogP contribution in [0.25, 0.3) is 5.65 Å². The molecule has 0 bridgehead atoms. The third-order valence-corrected chi connectivity index (χ3v) is 5.96. The monoisotopic (exact) mass is 380 g/mol. The smallest absolute Gasteiger partial charge is 0.177 e. The largest absolute Gasteiger partial charge is 0.313 e. The van der Waals surface area contributed by atoms with E-state index < -0.39 is 0 Å². The molecule has 0 aromatic carbocycles. The molecule has 8 nitrogen and oxygen atoms in total. The van der Waals surface area contributed by atoms with E-state index >= 15 is 0 Å². The van der Waals surface area contributed by atoms with Gasteiger partial charge in [0, 0.05) is 17.4 Å². The summed E-state index contributed by atoms with van der Waals surface area (Å²) >= 11 is 0. The van der Waals surface area contributed by atoms with Crippen molar-refractivity contribution in [3.8, 4) is 0 Å². The van der Waals surface area contributed by atoms with Gasteiger partial charge in [-0.2, -0.15) is 9.61 Å². The Hall–Kier alpha value is -2.35. The molecule has 1 saturated carbocycles. The lowest BCUT2D eigenvalue weighted by Gasteiger charge is -2.30. The number of nitrogens with zero attached hydrogens (tertiary/aromatic N) is 8. The van der Waals surface area contributed by atoms with Crippen LogP contribution in [-0.2, 0) is 12.0 Å². The predicted molar refractivity (Wildman–Crippen MR) is 105 cm³/mol. The Morgan fingerprint density at radius 1 is 1.00 bits per heavy atom. The lowest BCUT2D eigenvalue weighted by Crippen LogP contribution is -2.34. The number of rotatable bonds is 4. The van der Waals surface area contributed by atoms with Crippen molar-refractivity contribution in [2.24, 2.45) is 0 Å². The summed E-state index contributed by atoms with van der Waals surface area (Å²) < 4.78 is 4.22. The minimum atomic E-state index is 0.0105. The number of fused-ring (bicyclic) bond motifs is 1. The lowest BCUT2D eigenvalue weighted by atomic mass is 9.92. The molecule has 0 radical (unpaired) electrons. The highest BCUT2D eigenvalue weighted by atomic mass is 15.4. The topological polar surface area (TPSA) is 77.0 Å². The van der Waals surface area contributed by atoms with Crippen LogP contribution in [0.3, 0.4) is 0 Å². The van der Waals surface area contributed by atoms with Gasteiger partial charge in [-0.3, -0.25) is 4.90 Å². The zero-order valence-corrected chi connectivity index (χ0v) is 16.9. The first-order valence-electron chi connectivity index (χ1n) is 10.3. The second kappa shape index (κ2) is 6.62. The van der Waals surface area contributed by atoms with Gasteiger partial charge < -0.3 is 4.57 Å². The molecule has 0 atom stereocenters. The highest BCUT2D eigenvalue weighted by molar-refractivity contribution is 5.37. The number of aromatic nitrogens is 7. The van der Waals surface area contributed by atoms with Crippen LogP contribution in [0.4, 0.5) is 0 Å². The molecule has 0 amide bonds. The summed E-state index contributed by atoms with van der Waals surface area (Å²) in [7, 11) is 0. The first-order chi connectivity index (χ1) is 13.5. The molecule has 3 aromatic rings. The van der Waals surface area contributed by atoms with Gasteiger partial charge in [0.25, 0.3) is 0 Å². The molecule has 1 aliphatic carbocycles. The van der Waals surface area contributed by atoms with Crippen LogP contribution < -0.4 is 0 Å². The molecule has 3 aromatic heterocycles. The van der Waals surface area contributed by atoms with Crippen molar-refractivity contribution < 1.29 is 0 Å². The van der Waals surface area contributed by atoms with E-state index in [2.05, 4.69) is 56.7 Å². The van der Waals surface area contributed by atoms with E-state index in [1.807, 2.05) is 16.9 Å². The minimum Gasteiger partial charge on any atom is -0.313 e. The zero-order valence-electron chi connectivity index (χ0n) is 16.9. The Morgan fingerprint density at radius 2 is 1.79 bits per heavy atom. The van der Waals surface area contributed by atoms with Gasteiger partial charge in [-0.05, 0) is 50.9 Å². The van der Waals surface area contributed by atoms with E-state index in [-0.39, 0.29) is 5.41 Å². The quantitative estimate of drug-likeness (QED) is 0.693. The van der Waals surface area contributed by atoms with Crippen LogP contribution in [0.15, 0.2) is 18.5 Å². The second-order valence-corrected chi connectivity index (χ2v) is 9.23. The Balaban J connectivity index is 1.29. The molecule has 0 unspecified atom stereocenters. The first kappa shape index (κ1) is 17.7. The fourth-order valence-electron chi connectivity index (χ4n) is 4.05. The highest BCUT2D eigenvalue weighted by Crippen LogP contribution is 2.35. The minimum absolute atomic E-state index is 0.0105. The number of hydrogen-bond acceptors (Lipinski definition) is 6. The van der Waals surface area contributed by atoms with Crippen molar-refractivity contribution in [2.75, 3.05) is 13.1 Å². The predicted octanol–water partition coefficient (Wildman–Crippen LogP) is 2.73. The lowest BCUT2D eigenvalue weighted by molar-refractivity contribution is 0.194. The van der Waals surface area contributed by atoms with Crippen molar-refractivity contribution >= 4 is 5.65 Å². The van der Waals surface area contributed by atoms with Crippen LogP contribution in [0.2, 0.25) is 0 Å². The number of hydrogen-bond donors (Lipinski definition) is 0. The Bertz CT molecular complexity index is 970. The molecule has 28 heavy (non-hydrogen) atoms. The van der Waals surface area contributed by atoms with Crippen molar-refractivity contribution in [1.29, 1.82) is 0 Å². The average molecular weight is 381 g/mol. The molecule has 2 aliphatic rings. The van der Waals surface area contributed by atoms with Crippen LogP contribution in [0.1, 0.15) is 75.8 Å². The molecule has 1 aliphatic heterocycles. The molecular weight excluding hydrogens is 352 g/mol. The molecule has 2 fully saturated rings. The van der Waals surface area contributed by atoms with Gasteiger partial charge in [-0.25, -0.2) is 0 Å². The first-order valence-corrected chi connectivity index (χ1v) is 10.3. The molecule has 1 saturated heterocycles. The van der Waals surface area contributed by atoms with Gasteiger partial charge in [0.05, 0.1) is 12.2 Å².